The number of thiophene rings is 1. The van der Waals surface area contributed by atoms with Crippen molar-refractivity contribution in [1.29, 1.82) is 0 Å². The van der Waals surface area contributed by atoms with Gasteiger partial charge in [-0.2, -0.15) is 0 Å². The lowest BCUT2D eigenvalue weighted by Gasteiger charge is -2.35. The molecule has 0 bridgehead atoms. The van der Waals surface area contributed by atoms with Crippen LogP contribution in [0.15, 0.2) is 23.1 Å². The van der Waals surface area contributed by atoms with Gasteiger partial charge in [0.25, 0.3) is 5.91 Å². The van der Waals surface area contributed by atoms with Crippen molar-refractivity contribution in [2.75, 3.05) is 0 Å². The second kappa shape index (κ2) is 3.98. The molecule has 1 spiro atoms. The van der Waals surface area contributed by atoms with Crippen LogP contribution in [0.3, 0.4) is 0 Å². The molecule has 1 aromatic heterocycles. The van der Waals surface area contributed by atoms with E-state index in [-0.39, 0.29) is 11.4 Å². The van der Waals surface area contributed by atoms with Gasteiger partial charge in [-0.3, -0.25) is 4.79 Å². The van der Waals surface area contributed by atoms with Crippen molar-refractivity contribution in [3.63, 3.8) is 0 Å². The number of rotatable bonds is 1. The van der Waals surface area contributed by atoms with Gasteiger partial charge in [0.2, 0.25) is 0 Å². The van der Waals surface area contributed by atoms with E-state index in [9.17, 15) is 4.79 Å². The molecule has 90 valence electrons. The first-order chi connectivity index (χ1) is 8.23. The summed E-state index contributed by atoms with van der Waals surface area (Å²) >= 11 is 1.66. The molecule has 1 aliphatic heterocycles. The van der Waals surface area contributed by atoms with Crippen LogP contribution in [0.2, 0.25) is 0 Å². The van der Waals surface area contributed by atoms with Crippen LogP contribution in [-0.2, 0) is 4.79 Å². The Morgan fingerprint density at radius 3 is 2.71 bits per heavy atom. The highest BCUT2D eigenvalue weighted by Crippen LogP contribution is 2.42. The molecule has 0 aromatic carbocycles. The molecule has 3 rings (SSSR count). The van der Waals surface area contributed by atoms with Gasteiger partial charge in [0.05, 0.1) is 11.1 Å². The Morgan fingerprint density at radius 1 is 1.29 bits per heavy atom. The Kier molecular flexibility index (Phi) is 2.58. The third kappa shape index (κ3) is 1.64. The first kappa shape index (κ1) is 11.0. The lowest BCUT2D eigenvalue weighted by atomic mass is 9.77. The molecule has 3 heteroatoms. The molecule has 17 heavy (non-hydrogen) atoms. The van der Waals surface area contributed by atoms with E-state index in [2.05, 4.69) is 12.2 Å². The summed E-state index contributed by atoms with van der Waals surface area (Å²) in [6, 6.07) is 4.06. The van der Waals surface area contributed by atoms with Crippen LogP contribution in [-0.4, -0.2) is 11.4 Å². The molecule has 2 nitrogen and oxygen atoms in total. The highest BCUT2D eigenvalue weighted by atomic mass is 32.1. The second-order valence-electron chi connectivity index (χ2n) is 5.07. The number of hydrogen-bond acceptors (Lipinski definition) is 2. The smallest absolute Gasteiger partial charge is 0.253 e. The Bertz CT molecular complexity index is 466. The van der Waals surface area contributed by atoms with Crippen LogP contribution in [0.1, 0.15) is 43.9 Å². The fraction of sp³-hybridized carbons (Fsp3) is 0.500. The molecule has 0 radical (unpaired) electrons. The highest BCUT2D eigenvalue weighted by molar-refractivity contribution is 7.11. The average molecular weight is 247 g/mol. The molecule has 0 atom stereocenters. The second-order valence-corrected chi connectivity index (χ2v) is 6.02. The molecule has 0 unspecified atom stereocenters. The van der Waals surface area contributed by atoms with E-state index in [4.69, 9.17) is 0 Å². The van der Waals surface area contributed by atoms with Crippen LogP contribution in [0.25, 0.3) is 5.57 Å². The summed E-state index contributed by atoms with van der Waals surface area (Å²) < 4.78 is 0. The van der Waals surface area contributed by atoms with Gasteiger partial charge in [0.1, 0.15) is 0 Å². The summed E-state index contributed by atoms with van der Waals surface area (Å²) in [5.74, 6) is 0.131. The molecular weight excluding hydrogens is 230 g/mol. The summed E-state index contributed by atoms with van der Waals surface area (Å²) in [5, 5.41) is 5.29. The molecule has 1 aromatic rings. The Hall–Kier alpha value is -1.09. The van der Waals surface area contributed by atoms with E-state index in [1.165, 1.54) is 24.8 Å². The number of amides is 1. The van der Waals surface area contributed by atoms with Gasteiger partial charge in [0.15, 0.2) is 0 Å². The molecule has 1 N–H and O–H groups in total. The summed E-state index contributed by atoms with van der Waals surface area (Å²) in [5.41, 5.74) is 2.18. The first-order valence-corrected chi connectivity index (χ1v) is 7.19. The van der Waals surface area contributed by atoms with Crippen LogP contribution in [0, 0.1) is 0 Å². The van der Waals surface area contributed by atoms with Crippen molar-refractivity contribution in [2.24, 2.45) is 0 Å². The minimum Gasteiger partial charge on any atom is -0.343 e. The quantitative estimate of drug-likeness (QED) is 0.810. The summed E-state index contributed by atoms with van der Waals surface area (Å²) in [7, 11) is 0. The van der Waals surface area contributed by atoms with Crippen LogP contribution < -0.4 is 5.32 Å². The molecule has 1 amide bonds. The highest BCUT2D eigenvalue weighted by Gasteiger charge is 2.43. The predicted molar refractivity (Wildman–Crippen MR) is 70.9 cm³/mol. The number of hydrogen-bond donors (Lipinski definition) is 1. The van der Waals surface area contributed by atoms with Gasteiger partial charge < -0.3 is 5.32 Å². The molecule has 1 saturated carbocycles. The molecule has 2 aliphatic rings. The monoisotopic (exact) mass is 247 g/mol. The molecule has 1 fully saturated rings. The number of carbonyl (C=O) groups is 1. The van der Waals surface area contributed by atoms with Crippen molar-refractivity contribution in [2.45, 2.75) is 44.6 Å². The van der Waals surface area contributed by atoms with E-state index in [1.54, 1.807) is 11.3 Å². The maximum atomic E-state index is 12.2. The van der Waals surface area contributed by atoms with Gasteiger partial charge in [0, 0.05) is 4.88 Å². The van der Waals surface area contributed by atoms with E-state index in [1.807, 2.05) is 17.5 Å². The number of nitrogens with one attached hydrogen (secondary N) is 1. The van der Waals surface area contributed by atoms with Gasteiger partial charge in [-0.15, -0.1) is 11.3 Å². The maximum absolute atomic E-state index is 12.2. The SMILES string of the molecule is CC1=C(c2cccs2)C(=O)NC12CCCCC2. The lowest BCUT2D eigenvalue weighted by Crippen LogP contribution is -2.45. The summed E-state index contributed by atoms with van der Waals surface area (Å²) in [4.78, 5) is 13.3. The summed E-state index contributed by atoms with van der Waals surface area (Å²) in [6.45, 7) is 2.14. The van der Waals surface area contributed by atoms with Crippen molar-refractivity contribution in [3.8, 4) is 0 Å². The standard InChI is InChI=1S/C14H17NOS/c1-10-12(11-6-5-9-17-11)13(16)15-14(10)7-3-2-4-8-14/h5-6,9H,2-4,7-8H2,1H3,(H,15,16). The van der Waals surface area contributed by atoms with E-state index >= 15 is 0 Å². The zero-order valence-corrected chi connectivity index (χ0v) is 10.9. The zero-order valence-electron chi connectivity index (χ0n) is 10.1. The largest absolute Gasteiger partial charge is 0.343 e. The van der Waals surface area contributed by atoms with Crippen molar-refractivity contribution < 1.29 is 4.79 Å². The number of carbonyl (C=O) groups excluding carboxylic acids is 1. The van der Waals surface area contributed by atoms with Gasteiger partial charge in [-0.05, 0) is 36.8 Å². The first-order valence-electron chi connectivity index (χ1n) is 6.31. The molecular formula is C14H17NOS. The van der Waals surface area contributed by atoms with E-state index in [0.29, 0.717) is 0 Å². The molecule has 2 heterocycles. The maximum Gasteiger partial charge on any atom is 0.253 e. The zero-order chi connectivity index (χ0) is 11.9. The van der Waals surface area contributed by atoms with Crippen LogP contribution in [0.5, 0.6) is 0 Å². The minimum absolute atomic E-state index is 0.0192. The van der Waals surface area contributed by atoms with Gasteiger partial charge in [-0.25, -0.2) is 0 Å². The topological polar surface area (TPSA) is 29.1 Å². The van der Waals surface area contributed by atoms with Crippen molar-refractivity contribution in [3.05, 3.63) is 28.0 Å². The van der Waals surface area contributed by atoms with Crippen molar-refractivity contribution in [1.82, 2.24) is 5.32 Å². The minimum atomic E-state index is -0.0192. The summed E-state index contributed by atoms with van der Waals surface area (Å²) in [6.07, 6.45) is 5.99. The van der Waals surface area contributed by atoms with Crippen LogP contribution in [0.4, 0.5) is 0 Å². The van der Waals surface area contributed by atoms with Gasteiger partial charge >= 0.3 is 0 Å². The normalized spacial score (nSPS) is 23.2. The average Bonchev–Trinajstić information content (AvgIpc) is 2.90. The molecule has 1 aliphatic carbocycles. The Labute approximate surface area is 106 Å². The Morgan fingerprint density at radius 2 is 2.06 bits per heavy atom. The molecule has 0 saturated heterocycles. The predicted octanol–water partition coefficient (Wildman–Crippen LogP) is 3.35. The fourth-order valence-corrected chi connectivity index (χ4v) is 3.98. The van der Waals surface area contributed by atoms with E-state index in [0.717, 1.165) is 23.3 Å². The van der Waals surface area contributed by atoms with E-state index < -0.39 is 0 Å². The van der Waals surface area contributed by atoms with Gasteiger partial charge in [-0.1, -0.05) is 25.3 Å². The Balaban J connectivity index is 2.04. The fourth-order valence-electron chi connectivity index (χ4n) is 3.16. The van der Waals surface area contributed by atoms with Crippen molar-refractivity contribution >= 4 is 22.8 Å². The lowest BCUT2D eigenvalue weighted by molar-refractivity contribution is -0.116. The third-order valence-corrected chi connectivity index (χ3v) is 5.03. The van der Waals surface area contributed by atoms with Crippen LogP contribution >= 0.6 is 11.3 Å². The third-order valence-electron chi connectivity index (χ3n) is 4.15.